The summed E-state index contributed by atoms with van der Waals surface area (Å²) in [5, 5.41) is 5.34. The smallest absolute Gasteiger partial charge is 0.234 e. The Bertz CT molecular complexity index is 276. The molecule has 0 aliphatic heterocycles. The number of ether oxygens (including phenoxy) is 1. The van der Waals surface area contributed by atoms with Gasteiger partial charge in [-0.3, -0.25) is 4.79 Å². The summed E-state index contributed by atoms with van der Waals surface area (Å²) in [5.74, 6) is -0.126. The molecule has 0 atom stereocenters. The van der Waals surface area contributed by atoms with Crippen LogP contribution in [-0.4, -0.2) is 59.7 Å². The van der Waals surface area contributed by atoms with Crippen LogP contribution in [0.3, 0.4) is 0 Å². The topological polar surface area (TPSA) is 84.5 Å². The first kappa shape index (κ1) is 14.3. The van der Waals surface area contributed by atoms with Crippen molar-refractivity contribution >= 4 is 15.7 Å². The molecule has 0 saturated carbocycles. The van der Waals surface area contributed by atoms with Crippen molar-refractivity contribution < 1.29 is 17.9 Å². The van der Waals surface area contributed by atoms with Gasteiger partial charge in [0.25, 0.3) is 0 Å². The summed E-state index contributed by atoms with van der Waals surface area (Å²) in [7, 11) is -1.41. The summed E-state index contributed by atoms with van der Waals surface area (Å²) in [6, 6.07) is 0. The van der Waals surface area contributed by atoms with Gasteiger partial charge in [-0.1, -0.05) is 0 Å². The van der Waals surface area contributed by atoms with E-state index in [1.165, 1.54) is 0 Å². The van der Waals surface area contributed by atoms with Gasteiger partial charge in [-0.15, -0.1) is 0 Å². The fourth-order valence-electron chi connectivity index (χ4n) is 0.814. The van der Waals surface area contributed by atoms with Crippen LogP contribution in [0, 0.1) is 0 Å². The molecule has 0 rings (SSSR count). The van der Waals surface area contributed by atoms with Gasteiger partial charge in [-0.2, -0.15) is 0 Å². The number of hydrogen-bond donors (Lipinski definition) is 2. The zero-order valence-electron chi connectivity index (χ0n) is 9.08. The van der Waals surface area contributed by atoms with Crippen molar-refractivity contribution in [3.8, 4) is 0 Å². The second kappa shape index (κ2) is 7.61. The minimum atomic E-state index is -2.96. The van der Waals surface area contributed by atoms with Crippen molar-refractivity contribution in [2.24, 2.45) is 0 Å². The summed E-state index contributed by atoms with van der Waals surface area (Å²) in [6.07, 6.45) is 1.16. The largest absolute Gasteiger partial charge is 0.383 e. The molecule has 0 unspecified atom stereocenters. The van der Waals surface area contributed by atoms with Gasteiger partial charge in [-0.05, 0) is 0 Å². The highest BCUT2D eigenvalue weighted by atomic mass is 32.2. The van der Waals surface area contributed by atoms with Crippen molar-refractivity contribution in [2.75, 3.05) is 45.4 Å². The van der Waals surface area contributed by atoms with E-state index in [1.807, 2.05) is 0 Å². The molecule has 15 heavy (non-hydrogen) atoms. The molecule has 1 amide bonds. The number of carbonyl (C=O) groups is 1. The maximum atomic E-state index is 11.1. The van der Waals surface area contributed by atoms with Crippen molar-refractivity contribution in [3.05, 3.63) is 0 Å². The van der Waals surface area contributed by atoms with Crippen LogP contribution in [0.1, 0.15) is 0 Å². The van der Waals surface area contributed by atoms with E-state index in [9.17, 15) is 13.2 Å². The number of sulfone groups is 1. The molecule has 0 aromatic rings. The molecule has 0 aliphatic rings. The van der Waals surface area contributed by atoms with E-state index in [4.69, 9.17) is 4.74 Å². The van der Waals surface area contributed by atoms with Crippen LogP contribution in [0.25, 0.3) is 0 Å². The number of nitrogens with one attached hydrogen (secondary N) is 2. The van der Waals surface area contributed by atoms with Crippen LogP contribution in [0.15, 0.2) is 0 Å². The van der Waals surface area contributed by atoms with Gasteiger partial charge in [-0.25, -0.2) is 8.42 Å². The molecule has 0 fully saturated rings. The Morgan fingerprint density at radius 2 is 2.00 bits per heavy atom. The fourth-order valence-corrected chi connectivity index (χ4v) is 1.33. The predicted octanol–water partition coefficient (Wildman–Crippen LogP) is -1.62. The molecule has 2 N–H and O–H groups in total. The number of hydrogen-bond acceptors (Lipinski definition) is 5. The Morgan fingerprint density at radius 3 is 2.53 bits per heavy atom. The molecule has 0 radical (unpaired) electrons. The Hall–Kier alpha value is -0.660. The van der Waals surface area contributed by atoms with Gasteiger partial charge in [0.1, 0.15) is 9.84 Å². The maximum absolute atomic E-state index is 11.1. The molecular weight excluding hydrogens is 220 g/mol. The summed E-state index contributed by atoms with van der Waals surface area (Å²) in [6.45, 7) is 1.34. The third-order valence-corrected chi connectivity index (χ3v) is 2.51. The second-order valence-corrected chi connectivity index (χ2v) is 5.41. The van der Waals surface area contributed by atoms with Crippen molar-refractivity contribution in [3.63, 3.8) is 0 Å². The minimum absolute atomic E-state index is 0.0400. The molecule has 0 heterocycles. The molecule has 0 aromatic carbocycles. The van der Waals surface area contributed by atoms with Gasteiger partial charge in [0.15, 0.2) is 0 Å². The zero-order chi connectivity index (χ0) is 11.7. The molecule has 0 saturated heterocycles. The van der Waals surface area contributed by atoms with Crippen LogP contribution in [-0.2, 0) is 19.4 Å². The van der Waals surface area contributed by atoms with Gasteiger partial charge < -0.3 is 15.4 Å². The van der Waals surface area contributed by atoms with Gasteiger partial charge >= 0.3 is 0 Å². The predicted molar refractivity (Wildman–Crippen MR) is 57.5 cm³/mol. The summed E-state index contributed by atoms with van der Waals surface area (Å²) in [5.41, 5.74) is 0. The number of rotatable bonds is 8. The molecule has 0 aromatic heterocycles. The quantitative estimate of drug-likeness (QED) is 0.497. The SMILES string of the molecule is COCCNC(=O)CNCCS(C)(=O)=O. The Labute approximate surface area is 90.3 Å². The van der Waals surface area contributed by atoms with Crippen molar-refractivity contribution in [1.29, 1.82) is 0 Å². The number of carbonyl (C=O) groups excluding carboxylic acids is 1. The minimum Gasteiger partial charge on any atom is -0.383 e. The third kappa shape index (κ3) is 11.3. The maximum Gasteiger partial charge on any atom is 0.234 e. The van der Waals surface area contributed by atoms with Crippen LogP contribution < -0.4 is 10.6 Å². The lowest BCUT2D eigenvalue weighted by atomic mass is 10.5. The first-order valence-electron chi connectivity index (χ1n) is 4.60. The second-order valence-electron chi connectivity index (χ2n) is 3.15. The summed E-state index contributed by atoms with van der Waals surface area (Å²) in [4.78, 5) is 11.1. The highest BCUT2D eigenvalue weighted by molar-refractivity contribution is 7.90. The van der Waals surface area contributed by atoms with Gasteiger partial charge in [0.05, 0.1) is 18.9 Å². The van der Waals surface area contributed by atoms with Crippen LogP contribution in [0.2, 0.25) is 0 Å². The number of amides is 1. The first-order valence-corrected chi connectivity index (χ1v) is 6.66. The third-order valence-electron chi connectivity index (χ3n) is 1.56. The monoisotopic (exact) mass is 238 g/mol. The summed E-state index contributed by atoms with van der Waals surface area (Å²) >= 11 is 0. The average Bonchev–Trinajstić information content (AvgIpc) is 2.11. The average molecular weight is 238 g/mol. The van der Waals surface area contributed by atoms with E-state index in [1.54, 1.807) is 7.11 Å². The van der Waals surface area contributed by atoms with Gasteiger partial charge in [0.2, 0.25) is 5.91 Å². The van der Waals surface area contributed by atoms with E-state index in [2.05, 4.69) is 10.6 Å². The molecule has 6 nitrogen and oxygen atoms in total. The van der Waals surface area contributed by atoms with E-state index in [0.29, 0.717) is 13.2 Å². The summed E-state index contributed by atoms with van der Waals surface area (Å²) < 4.78 is 26.2. The lowest BCUT2D eigenvalue weighted by Gasteiger charge is -2.05. The normalized spacial score (nSPS) is 11.3. The standard InChI is InChI=1S/C8H18N2O4S/c1-14-5-3-10-8(11)7-9-4-6-15(2,12)13/h9H,3-7H2,1-2H3,(H,10,11). The van der Waals surface area contributed by atoms with Crippen molar-refractivity contribution in [2.45, 2.75) is 0 Å². The molecular formula is C8H18N2O4S. The highest BCUT2D eigenvalue weighted by Gasteiger charge is 2.03. The van der Waals surface area contributed by atoms with Crippen molar-refractivity contribution in [1.82, 2.24) is 10.6 Å². The van der Waals surface area contributed by atoms with E-state index in [-0.39, 0.29) is 24.7 Å². The molecule has 90 valence electrons. The lowest BCUT2D eigenvalue weighted by molar-refractivity contribution is -0.120. The molecule has 0 bridgehead atoms. The first-order chi connectivity index (χ1) is 6.95. The van der Waals surface area contributed by atoms with Crippen LogP contribution >= 0.6 is 0 Å². The Balaban J connectivity index is 3.39. The van der Waals surface area contributed by atoms with E-state index >= 15 is 0 Å². The van der Waals surface area contributed by atoms with E-state index < -0.39 is 9.84 Å². The number of methoxy groups -OCH3 is 1. The van der Waals surface area contributed by atoms with Crippen LogP contribution in [0.5, 0.6) is 0 Å². The molecule has 0 aliphatic carbocycles. The lowest BCUT2D eigenvalue weighted by Crippen LogP contribution is -2.37. The highest BCUT2D eigenvalue weighted by Crippen LogP contribution is 1.78. The Morgan fingerprint density at radius 1 is 1.33 bits per heavy atom. The van der Waals surface area contributed by atoms with Crippen LogP contribution in [0.4, 0.5) is 0 Å². The zero-order valence-corrected chi connectivity index (χ0v) is 9.89. The van der Waals surface area contributed by atoms with Gasteiger partial charge in [0, 0.05) is 26.5 Å². The fraction of sp³-hybridized carbons (Fsp3) is 0.875. The van der Waals surface area contributed by atoms with E-state index in [0.717, 1.165) is 6.26 Å². The molecule has 7 heteroatoms. The molecule has 0 spiro atoms. The Kier molecular flexibility index (Phi) is 7.27.